The molecule has 2 heterocycles. The lowest BCUT2D eigenvalue weighted by atomic mass is 9.60. The molecule has 0 bridgehead atoms. The molecule has 1 aliphatic carbocycles. The third-order valence-corrected chi connectivity index (χ3v) is 5.62. The van der Waals surface area contributed by atoms with Crippen LogP contribution >= 0.6 is 0 Å². The molecule has 3 unspecified atom stereocenters. The van der Waals surface area contributed by atoms with Crippen LogP contribution in [-0.2, 0) is 4.74 Å². The van der Waals surface area contributed by atoms with Gasteiger partial charge in [-0.1, -0.05) is 25.7 Å². The number of rotatable bonds is 1. The Bertz CT molecular complexity index is 258. The average Bonchev–Trinajstić information content (AvgIpc) is 2.83. The van der Waals surface area contributed by atoms with Gasteiger partial charge >= 0.3 is 0 Å². The lowest BCUT2D eigenvalue weighted by Crippen LogP contribution is -2.51. The highest BCUT2D eigenvalue weighted by atomic mass is 16.5. The minimum absolute atomic E-state index is 0.491. The van der Waals surface area contributed by atoms with Crippen molar-refractivity contribution >= 4 is 0 Å². The Hall–Kier alpha value is -0.0800. The van der Waals surface area contributed by atoms with Gasteiger partial charge in [0.15, 0.2) is 0 Å². The highest BCUT2D eigenvalue weighted by Gasteiger charge is 2.46. The Balaban J connectivity index is 1.77. The van der Waals surface area contributed by atoms with E-state index in [4.69, 9.17) is 4.74 Å². The van der Waals surface area contributed by atoms with E-state index in [-0.39, 0.29) is 0 Å². The number of ether oxygens (including phenoxy) is 1. The van der Waals surface area contributed by atoms with Crippen molar-refractivity contribution in [2.75, 3.05) is 19.7 Å². The first-order valence-electron chi connectivity index (χ1n) is 7.62. The normalized spacial score (nSPS) is 44.3. The molecule has 0 aromatic heterocycles. The molecule has 98 valence electrons. The summed E-state index contributed by atoms with van der Waals surface area (Å²) in [7, 11) is 0. The highest BCUT2D eigenvalue weighted by molar-refractivity contribution is 4.98. The number of hydrogen-bond donors (Lipinski definition) is 1. The highest BCUT2D eigenvalue weighted by Crippen LogP contribution is 2.50. The molecule has 1 spiro atoms. The first kappa shape index (κ1) is 12.0. The predicted molar refractivity (Wildman–Crippen MR) is 70.0 cm³/mol. The topological polar surface area (TPSA) is 21.3 Å². The molecule has 0 amide bonds. The van der Waals surface area contributed by atoms with Gasteiger partial charge < -0.3 is 10.1 Å². The molecular formula is C15H27NO. The first-order chi connectivity index (χ1) is 8.30. The molecule has 1 saturated carbocycles. The van der Waals surface area contributed by atoms with E-state index in [1.807, 2.05) is 0 Å². The summed E-state index contributed by atoms with van der Waals surface area (Å²) in [4.78, 5) is 0. The Morgan fingerprint density at radius 1 is 1.18 bits per heavy atom. The number of nitrogens with one attached hydrogen (secondary N) is 1. The zero-order chi connectivity index (χ0) is 11.7. The minimum atomic E-state index is 0.491. The van der Waals surface area contributed by atoms with Crippen LogP contribution in [0.2, 0.25) is 0 Å². The molecule has 3 rings (SSSR count). The SMILES string of the molecule is CC1CC2(CCNCC2C2CCCC2)CCO1. The first-order valence-corrected chi connectivity index (χ1v) is 7.62. The third-order valence-electron chi connectivity index (χ3n) is 5.62. The standard InChI is InChI=1S/C15H27NO/c1-12-10-15(7-9-17-12)6-8-16-11-14(15)13-4-2-3-5-13/h12-14,16H,2-11H2,1H3. The summed E-state index contributed by atoms with van der Waals surface area (Å²) >= 11 is 0. The van der Waals surface area contributed by atoms with E-state index in [1.165, 1.54) is 58.0 Å². The maximum atomic E-state index is 5.80. The van der Waals surface area contributed by atoms with E-state index in [0.717, 1.165) is 18.4 Å². The van der Waals surface area contributed by atoms with Gasteiger partial charge in [-0.15, -0.1) is 0 Å². The molecular weight excluding hydrogens is 210 g/mol. The Labute approximate surface area is 105 Å². The lowest BCUT2D eigenvalue weighted by Gasteiger charge is -2.51. The maximum Gasteiger partial charge on any atom is 0.0552 e. The molecule has 3 atom stereocenters. The fraction of sp³-hybridized carbons (Fsp3) is 1.00. The second kappa shape index (κ2) is 4.89. The maximum absolute atomic E-state index is 5.80. The van der Waals surface area contributed by atoms with Crippen molar-refractivity contribution in [2.45, 2.75) is 58.0 Å². The van der Waals surface area contributed by atoms with Crippen LogP contribution in [0.15, 0.2) is 0 Å². The van der Waals surface area contributed by atoms with Gasteiger partial charge in [-0.3, -0.25) is 0 Å². The fourth-order valence-corrected chi connectivity index (χ4v) is 4.78. The van der Waals surface area contributed by atoms with Crippen LogP contribution in [0.5, 0.6) is 0 Å². The zero-order valence-electron chi connectivity index (χ0n) is 11.2. The Morgan fingerprint density at radius 3 is 2.76 bits per heavy atom. The van der Waals surface area contributed by atoms with E-state index < -0.39 is 0 Å². The molecule has 2 aliphatic heterocycles. The van der Waals surface area contributed by atoms with Gasteiger partial charge in [0.25, 0.3) is 0 Å². The van der Waals surface area contributed by atoms with E-state index in [2.05, 4.69) is 12.2 Å². The molecule has 0 aromatic rings. The summed E-state index contributed by atoms with van der Waals surface area (Å²) in [6.45, 7) is 5.78. The van der Waals surface area contributed by atoms with Gasteiger partial charge in [-0.2, -0.15) is 0 Å². The quantitative estimate of drug-likeness (QED) is 0.757. The monoisotopic (exact) mass is 237 g/mol. The number of hydrogen-bond acceptors (Lipinski definition) is 2. The van der Waals surface area contributed by atoms with Crippen LogP contribution in [0.3, 0.4) is 0 Å². The molecule has 0 radical (unpaired) electrons. The third kappa shape index (κ3) is 2.26. The molecule has 1 N–H and O–H groups in total. The average molecular weight is 237 g/mol. The van der Waals surface area contributed by atoms with Gasteiger partial charge in [0.1, 0.15) is 0 Å². The summed E-state index contributed by atoms with van der Waals surface area (Å²) in [6.07, 6.45) is 10.4. The van der Waals surface area contributed by atoms with Crippen molar-refractivity contribution in [3.63, 3.8) is 0 Å². The van der Waals surface area contributed by atoms with Crippen molar-refractivity contribution in [3.8, 4) is 0 Å². The van der Waals surface area contributed by atoms with E-state index in [0.29, 0.717) is 11.5 Å². The Morgan fingerprint density at radius 2 is 2.00 bits per heavy atom. The second-order valence-corrected chi connectivity index (χ2v) is 6.60. The predicted octanol–water partition coefficient (Wildman–Crippen LogP) is 2.97. The van der Waals surface area contributed by atoms with Crippen LogP contribution in [-0.4, -0.2) is 25.8 Å². The van der Waals surface area contributed by atoms with Gasteiger partial charge in [0.05, 0.1) is 6.10 Å². The molecule has 2 saturated heterocycles. The van der Waals surface area contributed by atoms with Crippen molar-refractivity contribution < 1.29 is 4.74 Å². The largest absolute Gasteiger partial charge is 0.378 e. The summed E-state index contributed by atoms with van der Waals surface area (Å²) in [5.74, 6) is 1.94. The van der Waals surface area contributed by atoms with Crippen molar-refractivity contribution in [1.82, 2.24) is 5.32 Å². The zero-order valence-corrected chi connectivity index (χ0v) is 11.2. The minimum Gasteiger partial charge on any atom is -0.378 e. The van der Waals surface area contributed by atoms with Crippen LogP contribution < -0.4 is 5.32 Å². The van der Waals surface area contributed by atoms with Crippen LogP contribution in [0.25, 0.3) is 0 Å². The molecule has 2 heteroatoms. The van der Waals surface area contributed by atoms with Crippen molar-refractivity contribution in [2.24, 2.45) is 17.3 Å². The summed E-state index contributed by atoms with van der Waals surface area (Å²) in [5, 5.41) is 3.66. The second-order valence-electron chi connectivity index (χ2n) is 6.60. The summed E-state index contributed by atoms with van der Waals surface area (Å²) in [6, 6.07) is 0. The van der Waals surface area contributed by atoms with Gasteiger partial charge in [0, 0.05) is 6.61 Å². The van der Waals surface area contributed by atoms with E-state index >= 15 is 0 Å². The van der Waals surface area contributed by atoms with Gasteiger partial charge in [0.2, 0.25) is 0 Å². The summed E-state index contributed by atoms with van der Waals surface area (Å²) < 4.78 is 5.80. The molecule has 0 aromatic carbocycles. The Kier molecular flexibility index (Phi) is 3.45. The summed E-state index contributed by atoms with van der Waals surface area (Å²) in [5.41, 5.74) is 0.623. The number of piperidine rings is 1. The lowest BCUT2D eigenvalue weighted by molar-refractivity contribution is -0.0872. The smallest absolute Gasteiger partial charge is 0.0552 e. The van der Waals surface area contributed by atoms with Gasteiger partial charge in [-0.05, 0) is 56.5 Å². The molecule has 3 aliphatic rings. The molecule has 2 nitrogen and oxygen atoms in total. The van der Waals surface area contributed by atoms with Crippen molar-refractivity contribution in [3.05, 3.63) is 0 Å². The molecule has 3 fully saturated rings. The van der Waals surface area contributed by atoms with Gasteiger partial charge in [-0.25, -0.2) is 0 Å². The van der Waals surface area contributed by atoms with Crippen LogP contribution in [0.4, 0.5) is 0 Å². The van der Waals surface area contributed by atoms with Crippen LogP contribution in [0, 0.1) is 17.3 Å². The fourth-order valence-electron chi connectivity index (χ4n) is 4.78. The van der Waals surface area contributed by atoms with E-state index in [1.54, 1.807) is 0 Å². The van der Waals surface area contributed by atoms with E-state index in [9.17, 15) is 0 Å². The van der Waals surface area contributed by atoms with Crippen LogP contribution in [0.1, 0.15) is 51.9 Å². The van der Waals surface area contributed by atoms with Crippen molar-refractivity contribution in [1.29, 1.82) is 0 Å². The molecule has 17 heavy (non-hydrogen) atoms.